The molecule has 0 aromatic carbocycles. The number of carboxylic acid groups (broad SMARTS) is 1. The molecular weight excluding hydrogens is 270 g/mol. The zero-order valence-corrected chi connectivity index (χ0v) is 12.0. The topological polar surface area (TPSA) is 87.1 Å². The third-order valence-corrected chi connectivity index (χ3v) is 3.90. The Bertz CT molecular complexity index is 673. The molecule has 0 radical (unpaired) electrons. The Morgan fingerprint density at radius 3 is 2.76 bits per heavy atom. The molecule has 2 aromatic heterocycles. The van der Waals surface area contributed by atoms with Crippen molar-refractivity contribution in [2.75, 3.05) is 39.0 Å². The van der Waals surface area contributed by atoms with Crippen LogP contribution in [0.3, 0.4) is 0 Å². The second-order valence-corrected chi connectivity index (χ2v) is 5.48. The molecule has 0 saturated carbocycles. The average molecular weight is 289 g/mol. The van der Waals surface area contributed by atoms with Gasteiger partial charge in [0.1, 0.15) is 5.82 Å². The van der Waals surface area contributed by atoms with E-state index in [2.05, 4.69) is 21.8 Å². The van der Waals surface area contributed by atoms with E-state index in [1.54, 1.807) is 18.3 Å². The number of nitrogen functional groups attached to an aromatic ring is 1. The number of piperazine rings is 1. The Hall–Kier alpha value is -2.12. The molecule has 0 unspecified atom stereocenters. The van der Waals surface area contributed by atoms with E-state index in [9.17, 15) is 9.90 Å². The second-order valence-electron chi connectivity index (χ2n) is 5.48. The highest BCUT2D eigenvalue weighted by atomic mass is 16.4. The van der Waals surface area contributed by atoms with Crippen LogP contribution < -0.4 is 5.73 Å². The van der Waals surface area contributed by atoms with Gasteiger partial charge < -0.3 is 20.1 Å². The van der Waals surface area contributed by atoms with Crippen LogP contribution in [-0.2, 0) is 6.54 Å². The zero-order chi connectivity index (χ0) is 15.0. The number of nitrogens with two attached hydrogens (primary N) is 1. The molecule has 0 spiro atoms. The van der Waals surface area contributed by atoms with Crippen LogP contribution in [0.2, 0.25) is 0 Å². The summed E-state index contributed by atoms with van der Waals surface area (Å²) in [5, 5.41) is 9.29. The van der Waals surface area contributed by atoms with Gasteiger partial charge in [0.25, 0.3) is 0 Å². The minimum absolute atomic E-state index is 0.0615. The molecule has 2 aromatic rings. The lowest BCUT2D eigenvalue weighted by atomic mass is 10.3. The zero-order valence-electron chi connectivity index (χ0n) is 12.0. The summed E-state index contributed by atoms with van der Waals surface area (Å²) in [7, 11) is 2.10. The molecule has 0 bridgehead atoms. The number of carbonyl (C=O) groups is 1. The van der Waals surface area contributed by atoms with Crippen molar-refractivity contribution in [1.82, 2.24) is 19.2 Å². The molecule has 7 heteroatoms. The predicted octanol–water partition coefficient (Wildman–Crippen LogP) is 0.362. The van der Waals surface area contributed by atoms with Crippen molar-refractivity contribution in [2.24, 2.45) is 0 Å². The summed E-state index contributed by atoms with van der Waals surface area (Å²) in [4.78, 5) is 20.2. The lowest BCUT2D eigenvalue weighted by molar-refractivity contribution is 0.0693. The summed E-state index contributed by atoms with van der Waals surface area (Å²) in [5.74, 6) is -0.283. The van der Waals surface area contributed by atoms with Crippen molar-refractivity contribution in [3.8, 4) is 0 Å². The van der Waals surface area contributed by atoms with Crippen LogP contribution in [0.5, 0.6) is 0 Å². The predicted molar refractivity (Wildman–Crippen MR) is 79.3 cm³/mol. The van der Waals surface area contributed by atoms with Crippen LogP contribution in [0.1, 0.15) is 16.3 Å². The highest BCUT2D eigenvalue weighted by Crippen LogP contribution is 2.18. The normalized spacial score (nSPS) is 17.4. The third kappa shape index (κ3) is 2.70. The van der Waals surface area contributed by atoms with Gasteiger partial charge in [0, 0.05) is 38.1 Å². The quantitative estimate of drug-likeness (QED) is 0.848. The largest absolute Gasteiger partial charge is 0.476 e. The number of rotatable bonds is 3. The van der Waals surface area contributed by atoms with E-state index in [1.165, 1.54) is 0 Å². The highest BCUT2D eigenvalue weighted by Gasteiger charge is 2.20. The number of aromatic carboxylic acids is 1. The molecule has 1 aliphatic heterocycles. The number of hydrogen-bond donors (Lipinski definition) is 2. The molecular formula is C14H19N5O2. The minimum Gasteiger partial charge on any atom is -0.476 e. The Balaban J connectivity index is 1.93. The van der Waals surface area contributed by atoms with E-state index < -0.39 is 5.97 Å². The fourth-order valence-electron chi connectivity index (χ4n) is 2.64. The number of nitrogens with zero attached hydrogens (tertiary/aromatic N) is 4. The van der Waals surface area contributed by atoms with E-state index in [-0.39, 0.29) is 5.69 Å². The molecule has 0 atom stereocenters. The molecule has 3 heterocycles. The molecule has 7 nitrogen and oxygen atoms in total. The molecule has 3 N–H and O–H groups in total. The summed E-state index contributed by atoms with van der Waals surface area (Å²) in [6.45, 7) is 4.60. The van der Waals surface area contributed by atoms with Gasteiger partial charge in [-0.1, -0.05) is 0 Å². The first-order chi connectivity index (χ1) is 10.0. The Morgan fingerprint density at radius 2 is 2.10 bits per heavy atom. The molecule has 0 amide bonds. The summed E-state index contributed by atoms with van der Waals surface area (Å²) >= 11 is 0. The molecule has 1 fully saturated rings. The Morgan fingerprint density at radius 1 is 1.38 bits per heavy atom. The number of fused-ring (bicyclic) bond motifs is 1. The SMILES string of the molecule is CN1CCN(Cc2nc(C(=O)O)c3cc(N)ccn23)CC1. The van der Waals surface area contributed by atoms with Crippen LogP contribution in [0.4, 0.5) is 5.69 Å². The number of pyridine rings is 1. The average Bonchev–Trinajstić information content (AvgIpc) is 2.79. The summed E-state index contributed by atoms with van der Waals surface area (Å²) in [5.41, 5.74) is 6.90. The molecule has 1 aliphatic rings. The van der Waals surface area contributed by atoms with Crippen molar-refractivity contribution in [3.05, 3.63) is 29.8 Å². The number of likely N-dealkylation sites (N-methyl/N-ethyl adjacent to an activating group) is 1. The first-order valence-corrected chi connectivity index (χ1v) is 6.95. The first-order valence-electron chi connectivity index (χ1n) is 6.95. The third-order valence-electron chi connectivity index (χ3n) is 3.90. The van der Waals surface area contributed by atoms with Gasteiger partial charge in [-0.2, -0.15) is 0 Å². The fraction of sp³-hybridized carbons (Fsp3) is 0.429. The number of aromatic nitrogens is 2. The van der Waals surface area contributed by atoms with Crippen LogP contribution in [0.25, 0.3) is 5.52 Å². The lowest BCUT2D eigenvalue weighted by Crippen LogP contribution is -2.44. The van der Waals surface area contributed by atoms with Crippen molar-refractivity contribution in [1.29, 1.82) is 0 Å². The first kappa shape index (κ1) is 13.8. The number of hydrogen-bond acceptors (Lipinski definition) is 5. The standard InChI is InChI=1S/C14H19N5O2/c1-17-4-6-18(7-5-17)9-12-16-13(14(20)21)11-8-10(15)2-3-19(11)12/h2-3,8H,4-7,9,15H2,1H3,(H,20,21). The minimum atomic E-state index is -1.03. The number of anilines is 1. The van der Waals surface area contributed by atoms with Crippen LogP contribution >= 0.6 is 0 Å². The fourth-order valence-corrected chi connectivity index (χ4v) is 2.64. The maximum absolute atomic E-state index is 11.3. The van der Waals surface area contributed by atoms with E-state index in [4.69, 9.17) is 5.73 Å². The van der Waals surface area contributed by atoms with E-state index in [0.29, 0.717) is 17.7 Å². The molecule has 1 saturated heterocycles. The highest BCUT2D eigenvalue weighted by molar-refractivity contribution is 5.94. The van der Waals surface area contributed by atoms with Gasteiger partial charge in [-0.25, -0.2) is 9.78 Å². The number of imidazole rings is 1. The van der Waals surface area contributed by atoms with E-state index >= 15 is 0 Å². The van der Waals surface area contributed by atoms with Crippen molar-refractivity contribution < 1.29 is 9.90 Å². The lowest BCUT2D eigenvalue weighted by Gasteiger charge is -2.31. The maximum Gasteiger partial charge on any atom is 0.356 e. The summed E-state index contributed by atoms with van der Waals surface area (Å²) < 4.78 is 1.82. The molecule has 3 rings (SSSR count). The maximum atomic E-state index is 11.3. The summed E-state index contributed by atoms with van der Waals surface area (Å²) in [6, 6.07) is 3.41. The van der Waals surface area contributed by atoms with Crippen LogP contribution in [0.15, 0.2) is 18.3 Å². The monoisotopic (exact) mass is 289 g/mol. The Labute approximate surface area is 122 Å². The second kappa shape index (κ2) is 5.34. The molecule has 21 heavy (non-hydrogen) atoms. The smallest absolute Gasteiger partial charge is 0.356 e. The van der Waals surface area contributed by atoms with Crippen molar-refractivity contribution in [2.45, 2.75) is 6.54 Å². The molecule has 112 valence electrons. The van der Waals surface area contributed by atoms with Crippen LogP contribution in [-0.4, -0.2) is 63.5 Å². The van der Waals surface area contributed by atoms with Gasteiger partial charge in [0.05, 0.1) is 12.1 Å². The van der Waals surface area contributed by atoms with E-state index in [1.807, 2.05) is 4.40 Å². The summed E-state index contributed by atoms with van der Waals surface area (Å²) in [6.07, 6.45) is 1.79. The van der Waals surface area contributed by atoms with Gasteiger partial charge in [0.15, 0.2) is 5.69 Å². The van der Waals surface area contributed by atoms with Crippen molar-refractivity contribution >= 4 is 17.2 Å². The van der Waals surface area contributed by atoms with E-state index in [0.717, 1.165) is 32.0 Å². The van der Waals surface area contributed by atoms with Gasteiger partial charge >= 0.3 is 5.97 Å². The van der Waals surface area contributed by atoms with Gasteiger partial charge in [-0.3, -0.25) is 4.90 Å². The number of carboxylic acids is 1. The molecule has 0 aliphatic carbocycles. The van der Waals surface area contributed by atoms with Crippen molar-refractivity contribution in [3.63, 3.8) is 0 Å². The van der Waals surface area contributed by atoms with Gasteiger partial charge in [-0.15, -0.1) is 0 Å². The van der Waals surface area contributed by atoms with Gasteiger partial charge in [-0.05, 0) is 19.2 Å². The van der Waals surface area contributed by atoms with Gasteiger partial charge in [0.2, 0.25) is 0 Å². The Kier molecular flexibility index (Phi) is 3.52. The van der Waals surface area contributed by atoms with Crippen LogP contribution in [0, 0.1) is 0 Å².